The Labute approximate surface area is 167 Å². The Kier molecular flexibility index (Phi) is 7.31. The Morgan fingerprint density at radius 2 is 1.71 bits per heavy atom. The molecule has 1 aliphatic heterocycles. The van der Waals surface area contributed by atoms with Gasteiger partial charge < -0.3 is 14.8 Å². The summed E-state index contributed by atoms with van der Waals surface area (Å²) >= 11 is 0. The Morgan fingerprint density at radius 1 is 1.00 bits per heavy atom. The van der Waals surface area contributed by atoms with Gasteiger partial charge in [0.25, 0.3) is 0 Å². The Hall–Kier alpha value is -2.53. The first-order chi connectivity index (χ1) is 13.7. The van der Waals surface area contributed by atoms with Crippen LogP contribution >= 0.6 is 0 Å². The summed E-state index contributed by atoms with van der Waals surface area (Å²) in [5.74, 6) is 1.50. The van der Waals surface area contributed by atoms with Gasteiger partial charge in [0, 0.05) is 12.6 Å². The van der Waals surface area contributed by atoms with Crippen LogP contribution in [0.4, 0.5) is 0 Å². The zero-order valence-electron chi connectivity index (χ0n) is 16.8. The lowest BCUT2D eigenvalue weighted by Crippen LogP contribution is -2.45. The molecule has 0 fully saturated rings. The lowest BCUT2D eigenvalue weighted by molar-refractivity contribution is -0.120. The first-order valence-electron chi connectivity index (χ1n) is 10.1. The van der Waals surface area contributed by atoms with Gasteiger partial charge in [-0.2, -0.15) is 0 Å². The fraction of sp³-hybridized carbons (Fsp3) is 0.435. The average molecular weight is 383 g/mol. The van der Waals surface area contributed by atoms with Crippen molar-refractivity contribution in [2.24, 2.45) is 0 Å². The van der Waals surface area contributed by atoms with E-state index in [1.165, 1.54) is 5.56 Å². The number of carbonyl (C=O) groups is 1. The molecule has 0 spiro atoms. The molecule has 0 saturated heterocycles. The number of hydrogen-bond acceptors (Lipinski definition) is 4. The van der Waals surface area contributed by atoms with Crippen molar-refractivity contribution in [2.45, 2.75) is 32.7 Å². The van der Waals surface area contributed by atoms with E-state index < -0.39 is 0 Å². The van der Waals surface area contributed by atoms with Crippen LogP contribution in [0.3, 0.4) is 0 Å². The summed E-state index contributed by atoms with van der Waals surface area (Å²) in [4.78, 5) is 14.9. The van der Waals surface area contributed by atoms with E-state index in [1.54, 1.807) is 0 Å². The van der Waals surface area contributed by atoms with Crippen LogP contribution in [-0.2, 0) is 17.6 Å². The SMILES string of the molecule is CCN(CC)C(CNC(=O)Cc1ccc2c(c1)OCCO2)Cc1ccccc1. The number of likely N-dealkylation sites (N-methyl/N-ethyl adjacent to an activating group) is 1. The average Bonchev–Trinajstić information content (AvgIpc) is 2.73. The van der Waals surface area contributed by atoms with Crippen molar-refractivity contribution < 1.29 is 14.3 Å². The molecule has 0 aromatic heterocycles. The van der Waals surface area contributed by atoms with E-state index in [4.69, 9.17) is 9.47 Å². The molecule has 1 unspecified atom stereocenters. The fourth-order valence-corrected chi connectivity index (χ4v) is 3.63. The monoisotopic (exact) mass is 382 g/mol. The number of nitrogens with one attached hydrogen (secondary N) is 1. The zero-order valence-corrected chi connectivity index (χ0v) is 16.8. The van der Waals surface area contributed by atoms with Crippen molar-refractivity contribution in [2.75, 3.05) is 32.8 Å². The van der Waals surface area contributed by atoms with Gasteiger partial charge >= 0.3 is 0 Å². The topological polar surface area (TPSA) is 50.8 Å². The highest BCUT2D eigenvalue weighted by molar-refractivity contribution is 5.78. The number of fused-ring (bicyclic) bond motifs is 1. The van der Waals surface area contributed by atoms with Crippen molar-refractivity contribution in [1.82, 2.24) is 10.2 Å². The molecule has 1 atom stereocenters. The van der Waals surface area contributed by atoms with Crippen LogP contribution in [0.2, 0.25) is 0 Å². The molecule has 0 bridgehead atoms. The third-order valence-corrected chi connectivity index (χ3v) is 5.15. The third kappa shape index (κ3) is 5.49. The van der Waals surface area contributed by atoms with E-state index >= 15 is 0 Å². The van der Waals surface area contributed by atoms with Crippen LogP contribution in [0.15, 0.2) is 48.5 Å². The molecule has 0 saturated carbocycles. The van der Waals surface area contributed by atoms with Gasteiger partial charge in [-0.05, 0) is 42.8 Å². The van der Waals surface area contributed by atoms with Gasteiger partial charge in [-0.3, -0.25) is 9.69 Å². The molecule has 28 heavy (non-hydrogen) atoms. The van der Waals surface area contributed by atoms with Crippen molar-refractivity contribution in [3.8, 4) is 11.5 Å². The second-order valence-corrected chi connectivity index (χ2v) is 7.02. The van der Waals surface area contributed by atoms with Gasteiger partial charge in [-0.15, -0.1) is 0 Å². The van der Waals surface area contributed by atoms with Gasteiger partial charge in [0.05, 0.1) is 6.42 Å². The van der Waals surface area contributed by atoms with Crippen molar-refractivity contribution in [3.05, 3.63) is 59.7 Å². The maximum absolute atomic E-state index is 12.5. The minimum atomic E-state index is 0.0295. The second-order valence-electron chi connectivity index (χ2n) is 7.02. The molecule has 1 amide bonds. The molecular formula is C23H30N2O3. The molecule has 1 N–H and O–H groups in total. The van der Waals surface area contributed by atoms with Crippen LogP contribution in [0.1, 0.15) is 25.0 Å². The molecule has 1 aliphatic rings. The number of benzene rings is 2. The number of rotatable bonds is 9. The van der Waals surface area contributed by atoms with Crippen molar-refractivity contribution >= 4 is 5.91 Å². The molecule has 3 rings (SSSR count). The van der Waals surface area contributed by atoms with Crippen molar-refractivity contribution in [3.63, 3.8) is 0 Å². The summed E-state index contributed by atoms with van der Waals surface area (Å²) in [6.45, 7) is 8.02. The highest BCUT2D eigenvalue weighted by atomic mass is 16.6. The molecule has 5 nitrogen and oxygen atoms in total. The highest BCUT2D eigenvalue weighted by Gasteiger charge is 2.18. The molecule has 150 valence electrons. The standard InChI is InChI=1S/C23H30N2O3/c1-3-25(4-2)20(14-18-8-6-5-7-9-18)17-24-23(26)16-19-10-11-21-22(15-19)28-13-12-27-21/h5-11,15,20H,3-4,12-14,16-17H2,1-2H3,(H,24,26). The van der Waals surface area contributed by atoms with Crippen molar-refractivity contribution in [1.29, 1.82) is 0 Å². The van der Waals surface area contributed by atoms with Gasteiger partial charge in [0.2, 0.25) is 5.91 Å². The van der Waals surface area contributed by atoms with Crippen LogP contribution < -0.4 is 14.8 Å². The van der Waals surface area contributed by atoms with Crippen LogP contribution in [0.25, 0.3) is 0 Å². The molecule has 1 heterocycles. The van der Waals surface area contributed by atoms with E-state index in [9.17, 15) is 4.79 Å². The predicted octanol–water partition coefficient (Wildman–Crippen LogP) is 3.07. The van der Waals surface area contributed by atoms with E-state index in [0.29, 0.717) is 26.2 Å². The third-order valence-electron chi connectivity index (χ3n) is 5.15. The van der Waals surface area contributed by atoms with Crippen LogP contribution in [0.5, 0.6) is 11.5 Å². The Balaban J connectivity index is 1.58. The van der Waals surface area contributed by atoms with E-state index in [-0.39, 0.29) is 11.9 Å². The molecule has 5 heteroatoms. The molecule has 2 aromatic carbocycles. The van der Waals surface area contributed by atoms with Crippen LogP contribution in [0, 0.1) is 0 Å². The summed E-state index contributed by atoms with van der Waals surface area (Å²) in [6, 6.07) is 16.4. The Morgan fingerprint density at radius 3 is 2.43 bits per heavy atom. The minimum Gasteiger partial charge on any atom is -0.486 e. The zero-order chi connectivity index (χ0) is 19.8. The van der Waals surface area contributed by atoms with E-state index in [1.807, 2.05) is 24.3 Å². The normalized spacial score (nSPS) is 14.0. The summed E-state index contributed by atoms with van der Waals surface area (Å²) < 4.78 is 11.1. The maximum atomic E-state index is 12.5. The van der Waals surface area contributed by atoms with Gasteiger partial charge in [-0.25, -0.2) is 0 Å². The molecular weight excluding hydrogens is 352 g/mol. The minimum absolute atomic E-state index is 0.0295. The first-order valence-corrected chi connectivity index (χ1v) is 10.1. The summed E-state index contributed by atoms with van der Waals surface area (Å²) in [6.07, 6.45) is 1.26. The number of carbonyl (C=O) groups excluding carboxylic acids is 1. The number of hydrogen-bond donors (Lipinski definition) is 1. The van der Waals surface area contributed by atoms with Gasteiger partial charge in [0.15, 0.2) is 11.5 Å². The van der Waals surface area contributed by atoms with Gasteiger partial charge in [0.1, 0.15) is 13.2 Å². The number of amides is 1. The Bertz CT molecular complexity index is 760. The molecule has 0 aliphatic carbocycles. The maximum Gasteiger partial charge on any atom is 0.224 e. The first kappa shape index (κ1) is 20.2. The number of ether oxygens (including phenoxy) is 2. The molecule has 2 aromatic rings. The largest absolute Gasteiger partial charge is 0.486 e. The van der Waals surface area contributed by atoms with Gasteiger partial charge in [-0.1, -0.05) is 50.2 Å². The summed E-state index contributed by atoms with van der Waals surface area (Å²) in [5, 5.41) is 3.13. The second kappa shape index (κ2) is 10.1. The molecule has 0 radical (unpaired) electrons. The lowest BCUT2D eigenvalue weighted by atomic mass is 10.0. The smallest absolute Gasteiger partial charge is 0.224 e. The van der Waals surface area contributed by atoms with E-state index in [0.717, 1.165) is 36.6 Å². The number of nitrogens with zero attached hydrogens (tertiary/aromatic N) is 1. The van der Waals surface area contributed by atoms with Crippen LogP contribution in [-0.4, -0.2) is 49.7 Å². The predicted molar refractivity (Wildman–Crippen MR) is 111 cm³/mol. The summed E-state index contributed by atoms with van der Waals surface area (Å²) in [7, 11) is 0. The quantitative estimate of drug-likeness (QED) is 0.724. The summed E-state index contributed by atoms with van der Waals surface area (Å²) in [5.41, 5.74) is 2.23. The highest BCUT2D eigenvalue weighted by Crippen LogP contribution is 2.30. The lowest BCUT2D eigenvalue weighted by Gasteiger charge is -2.30. The fourth-order valence-electron chi connectivity index (χ4n) is 3.63. The van der Waals surface area contributed by atoms with E-state index in [2.05, 4.69) is 48.3 Å².